The van der Waals surface area contributed by atoms with Crippen LogP contribution in [0.15, 0.2) is 176 Å². The van der Waals surface area contributed by atoms with E-state index in [1.165, 1.54) is 0 Å². The molecule has 0 unspecified atom stereocenters. The number of hydrogen-bond donors (Lipinski definition) is 0. The molecule has 0 bridgehead atoms. The molecule has 0 aliphatic heterocycles. The lowest BCUT2D eigenvalue weighted by molar-refractivity contribution is 1.07. The van der Waals surface area contributed by atoms with Gasteiger partial charge in [-0.15, -0.1) is 0 Å². The van der Waals surface area contributed by atoms with Gasteiger partial charge in [0.2, 0.25) is 0 Å². The monoisotopic (exact) mass is 667 g/mol. The summed E-state index contributed by atoms with van der Waals surface area (Å²) in [5, 5.41) is 0. The molecule has 0 amide bonds. The zero-order chi connectivity index (χ0) is 34.7. The van der Waals surface area contributed by atoms with Crippen LogP contribution in [0.3, 0.4) is 0 Å². The molecular weight excluding hydrogens is 639 g/mol. The van der Waals surface area contributed by atoms with Gasteiger partial charge in [0, 0.05) is 29.1 Å². The highest BCUT2D eigenvalue weighted by Gasteiger charge is 2.16. The molecule has 5 aromatic carbocycles. The average molecular weight is 668 g/mol. The molecule has 4 aromatic heterocycles. The van der Waals surface area contributed by atoms with Gasteiger partial charge in [0.15, 0.2) is 17.5 Å². The first-order chi connectivity index (χ1) is 25.7. The Bertz CT molecular complexity index is 2590. The fraction of sp³-hybridized carbons (Fsp3) is 0. The molecule has 0 fully saturated rings. The maximum Gasteiger partial charge on any atom is 0.164 e. The lowest BCUT2D eigenvalue weighted by Gasteiger charge is -2.11. The van der Waals surface area contributed by atoms with Crippen molar-refractivity contribution in [3.63, 3.8) is 0 Å². The molecule has 52 heavy (non-hydrogen) atoms. The standard InChI is InChI=1S/C45H29N7/c1-3-12-31(13-4-1)43-50-44(32-14-5-2-6-15-32)52-45(51-43)33-22-20-30(21-23-33)34-16-11-17-35(28-34)36-24-25-37-40(29-36)49-42(39-19-8-10-27-47-39)41(48-37)38-18-7-9-26-46-38/h1-29H. The van der Waals surface area contributed by atoms with E-state index >= 15 is 0 Å². The van der Waals surface area contributed by atoms with Crippen LogP contribution in [0.2, 0.25) is 0 Å². The first kappa shape index (κ1) is 30.8. The Balaban J connectivity index is 1.06. The molecule has 9 rings (SSSR count). The van der Waals surface area contributed by atoms with E-state index in [1.54, 1.807) is 12.4 Å². The van der Waals surface area contributed by atoms with Crippen LogP contribution in [-0.4, -0.2) is 34.9 Å². The molecule has 0 aliphatic rings. The lowest BCUT2D eigenvalue weighted by Crippen LogP contribution is -2.00. The maximum absolute atomic E-state index is 5.10. The first-order valence-electron chi connectivity index (χ1n) is 17.0. The highest BCUT2D eigenvalue weighted by atomic mass is 15.0. The van der Waals surface area contributed by atoms with Gasteiger partial charge >= 0.3 is 0 Å². The summed E-state index contributed by atoms with van der Waals surface area (Å²) in [6, 6.07) is 54.8. The van der Waals surface area contributed by atoms with Crippen molar-refractivity contribution in [1.29, 1.82) is 0 Å². The van der Waals surface area contributed by atoms with Crippen LogP contribution in [0, 0.1) is 0 Å². The number of hydrogen-bond acceptors (Lipinski definition) is 7. The largest absolute Gasteiger partial charge is 0.255 e. The first-order valence-corrected chi connectivity index (χ1v) is 17.0. The summed E-state index contributed by atoms with van der Waals surface area (Å²) >= 11 is 0. The van der Waals surface area contributed by atoms with Gasteiger partial charge in [-0.05, 0) is 64.7 Å². The predicted molar refractivity (Wildman–Crippen MR) is 207 cm³/mol. The summed E-state index contributed by atoms with van der Waals surface area (Å²) in [6.45, 7) is 0. The Labute approximate surface area is 300 Å². The Morgan fingerprint density at radius 1 is 0.269 bits per heavy atom. The number of rotatable bonds is 7. The summed E-state index contributed by atoms with van der Waals surface area (Å²) in [6.07, 6.45) is 3.54. The van der Waals surface area contributed by atoms with E-state index in [2.05, 4.69) is 70.6 Å². The van der Waals surface area contributed by atoms with E-state index in [9.17, 15) is 0 Å². The number of benzene rings is 5. The van der Waals surface area contributed by atoms with Gasteiger partial charge in [0.1, 0.15) is 11.4 Å². The quantitative estimate of drug-likeness (QED) is 0.167. The van der Waals surface area contributed by atoms with Crippen LogP contribution in [-0.2, 0) is 0 Å². The van der Waals surface area contributed by atoms with Crippen molar-refractivity contribution in [1.82, 2.24) is 34.9 Å². The summed E-state index contributed by atoms with van der Waals surface area (Å²) in [5.74, 6) is 1.91. The SMILES string of the molecule is c1ccc(-c2nc(-c3ccccc3)nc(-c3ccc(-c4cccc(-c5ccc6nc(-c7ccccn7)c(-c7ccccn7)nc6c5)c4)cc3)n2)cc1. The topological polar surface area (TPSA) is 90.2 Å². The van der Waals surface area contributed by atoms with Gasteiger partial charge in [0.05, 0.1) is 22.4 Å². The van der Waals surface area contributed by atoms with Crippen molar-refractivity contribution in [2.45, 2.75) is 0 Å². The van der Waals surface area contributed by atoms with Gasteiger partial charge < -0.3 is 0 Å². The second-order valence-corrected chi connectivity index (χ2v) is 12.3. The Kier molecular flexibility index (Phi) is 8.04. The molecule has 0 saturated heterocycles. The van der Waals surface area contributed by atoms with E-state index in [0.717, 1.165) is 61.4 Å². The number of pyridine rings is 2. The summed E-state index contributed by atoms with van der Waals surface area (Å²) in [5.41, 5.74) is 11.6. The smallest absolute Gasteiger partial charge is 0.164 e. The minimum Gasteiger partial charge on any atom is -0.255 e. The Morgan fingerprint density at radius 2 is 0.692 bits per heavy atom. The molecule has 0 saturated carbocycles. The van der Waals surface area contributed by atoms with Crippen LogP contribution in [0.5, 0.6) is 0 Å². The van der Waals surface area contributed by atoms with E-state index < -0.39 is 0 Å². The lowest BCUT2D eigenvalue weighted by atomic mass is 9.98. The third-order valence-electron chi connectivity index (χ3n) is 8.85. The van der Waals surface area contributed by atoms with Crippen LogP contribution >= 0.6 is 0 Å². The fourth-order valence-corrected chi connectivity index (χ4v) is 6.22. The Morgan fingerprint density at radius 3 is 1.23 bits per heavy atom. The summed E-state index contributed by atoms with van der Waals surface area (Å²) in [7, 11) is 0. The fourth-order valence-electron chi connectivity index (χ4n) is 6.22. The molecule has 7 heteroatoms. The zero-order valence-electron chi connectivity index (χ0n) is 27.9. The number of aromatic nitrogens is 7. The van der Waals surface area contributed by atoms with Crippen molar-refractivity contribution in [3.8, 4) is 79.2 Å². The maximum atomic E-state index is 5.10. The van der Waals surface area contributed by atoms with E-state index in [1.807, 2.05) is 103 Å². The summed E-state index contributed by atoms with van der Waals surface area (Å²) in [4.78, 5) is 33.9. The van der Waals surface area contributed by atoms with Gasteiger partial charge in [-0.1, -0.05) is 121 Å². The summed E-state index contributed by atoms with van der Waals surface area (Å²) < 4.78 is 0. The van der Waals surface area contributed by atoms with E-state index in [0.29, 0.717) is 28.9 Å². The number of nitrogens with zero attached hydrogens (tertiary/aromatic N) is 7. The molecule has 0 radical (unpaired) electrons. The van der Waals surface area contributed by atoms with Crippen LogP contribution in [0.1, 0.15) is 0 Å². The van der Waals surface area contributed by atoms with Gasteiger partial charge in [0.25, 0.3) is 0 Å². The molecule has 244 valence electrons. The van der Waals surface area contributed by atoms with Gasteiger partial charge in [-0.25, -0.2) is 24.9 Å². The highest BCUT2D eigenvalue weighted by Crippen LogP contribution is 2.33. The van der Waals surface area contributed by atoms with Crippen molar-refractivity contribution in [2.24, 2.45) is 0 Å². The number of fused-ring (bicyclic) bond motifs is 1. The van der Waals surface area contributed by atoms with Gasteiger partial charge in [-0.2, -0.15) is 0 Å². The molecule has 0 atom stereocenters. The van der Waals surface area contributed by atoms with Crippen LogP contribution in [0.25, 0.3) is 90.2 Å². The van der Waals surface area contributed by atoms with E-state index in [4.69, 9.17) is 24.9 Å². The molecule has 9 aromatic rings. The van der Waals surface area contributed by atoms with Crippen LogP contribution in [0.4, 0.5) is 0 Å². The van der Waals surface area contributed by atoms with Crippen molar-refractivity contribution in [2.75, 3.05) is 0 Å². The normalized spacial score (nSPS) is 11.1. The highest BCUT2D eigenvalue weighted by molar-refractivity contribution is 5.88. The van der Waals surface area contributed by atoms with E-state index in [-0.39, 0.29) is 0 Å². The molecule has 4 heterocycles. The second kappa shape index (κ2) is 13.6. The minimum atomic E-state index is 0.626. The molecular formula is C45H29N7. The third-order valence-corrected chi connectivity index (χ3v) is 8.85. The Hall–Kier alpha value is -7.25. The molecule has 0 aliphatic carbocycles. The molecule has 0 N–H and O–H groups in total. The third kappa shape index (κ3) is 6.19. The van der Waals surface area contributed by atoms with Crippen LogP contribution < -0.4 is 0 Å². The minimum absolute atomic E-state index is 0.626. The average Bonchev–Trinajstić information content (AvgIpc) is 3.24. The van der Waals surface area contributed by atoms with Crippen molar-refractivity contribution in [3.05, 3.63) is 176 Å². The van der Waals surface area contributed by atoms with Gasteiger partial charge in [-0.3, -0.25) is 9.97 Å². The van der Waals surface area contributed by atoms with Crippen molar-refractivity contribution >= 4 is 11.0 Å². The second-order valence-electron chi connectivity index (χ2n) is 12.3. The van der Waals surface area contributed by atoms with Crippen molar-refractivity contribution < 1.29 is 0 Å². The molecule has 0 spiro atoms. The predicted octanol–water partition coefficient (Wildman–Crippen LogP) is 10.3. The zero-order valence-corrected chi connectivity index (χ0v) is 27.9. The molecule has 7 nitrogen and oxygen atoms in total.